The fraction of sp³-hybridized carbons (Fsp3) is 0.400. The fourth-order valence-corrected chi connectivity index (χ4v) is 2.23. The van der Waals surface area contributed by atoms with E-state index < -0.39 is 5.97 Å². The number of aromatic nitrogens is 3. The SMILES string of the molecule is Cc1nc(CCNc2nc(C(=O)O)c(C)s2)no1. The van der Waals surface area contributed by atoms with Crippen molar-refractivity contribution >= 4 is 22.4 Å². The van der Waals surface area contributed by atoms with E-state index in [1.807, 2.05) is 0 Å². The Morgan fingerprint density at radius 3 is 2.78 bits per heavy atom. The van der Waals surface area contributed by atoms with Gasteiger partial charge in [0.05, 0.1) is 0 Å². The number of thiazole rings is 1. The average molecular weight is 268 g/mol. The fourth-order valence-electron chi connectivity index (χ4n) is 1.39. The highest BCUT2D eigenvalue weighted by Crippen LogP contribution is 2.21. The third kappa shape index (κ3) is 2.83. The number of anilines is 1. The first-order valence-electron chi connectivity index (χ1n) is 5.30. The lowest BCUT2D eigenvalue weighted by atomic mass is 10.4. The number of hydrogen-bond acceptors (Lipinski definition) is 7. The van der Waals surface area contributed by atoms with Crippen molar-refractivity contribution in [1.82, 2.24) is 15.1 Å². The van der Waals surface area contributed by atoms with Gasteiger partial charge in [-0.05, 0) is 6.92 Å². The Morgan fingerprint density at radius 1 is 1.44 bits per heavy atom. The minimum Gasteiger partial charge on any atom is -0.476 e. The van der Waals surface area contributed by atoms with Crippen LogP contribution in [0.25, 0.3) is 0 Å². The van der Waals surface area contributed by atoms with Crippen LogP contribution < -0.4 is 5.32 Å². The molecular formula is C10H12N4O3S. The third-order valence-corrected chi connectivity index (χ3v) is 3.12. The molecule has 0 aliphatic carbocycles. The molecular weight excluding hydrogens is 256 g/mol. The van der Waals surface area contributed by atoms with Crippen molar-refractivity contribution in [3.63, 3.8) is 0 Å². The van der Waals surface area contributed by atoms with Crippen molar-refractivity contribution in [1.29, 1.82) is 0 Å². The molecule has 0 spiro atoms. The maximum Gasteiger partial charge on any atom is 0.355 e. The molecule has 0 aliphatic rings. The van der Waals surface area contributed by atoms with E-state index >= 15 is 0 Å². The quantitative estimate of drug-likeness (QED) is 0.847. The maximum absolute atomic E-state index is 10.8. The minimum atomic E-state index is -1.01. The molecule has 0 unspecified atom stereocenters. The summed E-state index contributed by atoms with van der Waals surface area (Å²) in [5.41, 5.74) is 0.0953. The van der Waals surface area contributed by atoms with E-state index in [0.717, 1.165) is 0 Å². The number of hydrogen-bond donors (Lipinski definition) is 2. The molecule has 2 aromatic rings. The van der Waals surface area contributed by atoms with E-state index in [4.69, 9.17) is 9.63 Å². The van der Waals surface area contributed by atoms with Crippen LogP contribution >= 0.6 is 11.3 Å². The van der Waals surface area contributed by atoms with E-state index in [9.17, 15) is 4.79 Å². The Morgan fingerprint density at radius 2 is 2.22 bits per heavy atom. The summed E-state index contributed by atoms with van der Waals surface area (Å²) >= 11 is 1.32. The molecule has 0 fully saturated rings. The van der Waals surface area contributed by atoms with Gasteiger partial charge in [0.2, 0.25) is 5.89 Å². The van der Waals surface area contributed by atoms with Crippen LogP contribution in [0, 0.1) is 13.8 Å². The topological polar surface area (TPSA) is 101 Å². The van der Waals surface area contributed by atoms with Crippen LogP contribution in [0.5, 0.6) is 0 Å². The van der Waals surface area contributed by atoms with Gasteiger partial charge in [0.25, 0.3) is 0 Å². The Balaban J connectivity index is 1.90. The summed E-state index contributed by atoms with van der Waals surface area (Å²) in [6.45, 7) is 4.03. The molecule has 2 N–H and O–H groups in total. The summed E-state index contributed by atoms with van der Waals surface area (Å²) in [6.07, 6.45) is 0.596. The number of carboxylic acid groups (broad SMARTS) is 1. The van der Waals surface area contributed by atoms with Crippen molar-refractivity contribution in [2.75, 3.05) is 11.9 Å². The molecule has 2 aromatic heterocycles. The zero-order valence-corrected chi connectivity index (χ0v) is 10.7. The van der Waals surface area contributed by atoms with Gasteiger partial charge in [0.15, 0.2) is 16.6 Å². The van der Waals surface area contributed by atoms with Gasteiger partial charge < -0.3 is 14.9 Å². The second-order valence-corrected chi connectivity index (χ2v) is 4.84. The molecule has 0 atom stereocenters. The van der Waals surface area contributed by atoms with Crippen LogP contribution in [0.3, 0.4) is 0 Å². The smallest absolute Gasteiger partial charge is 0.355 e. The van der Waals surface area contributed by atoms with E-state index in [1.54, 1.807) is 13.8 Å². The average Bonchev–Trinajstić information content (AvgIpc) is 2.85. The Bertz CT molecular complexity index is 563. The predicted octanol–water partition coefficient (Wildman–Crippen LogP) is 1.50. The molecule has 0 amide bonds. The number of aryl methyl sites for hydroxylation is 2. The number of aromatic carboxylic acids is 1. The van der Waals surface area contributed by atoms with Crippen LogP contribution in [-0.2, 0) is 6.42 Å². The molecule has 7 nitrogen and oxygen atoms in total. The largest absolute Gasteiger partial charge is 0.476 e. The third-order valence-electron chi connectivity index (χ3n) is 2.19. The highest BCUT2D eigenvalue weighted by molar-refractivity contribution is 7.15. The van der Waals surface area contributed by atoms with Gasteiger partial charge in [-0.15, -0.1) is 11.3 Å². The Hall–Kier alpha value is -1.96. The maximum atomic E-state index is 10.8. The Labute approximate surface area is 107 Å². The van der Waals surface area contributed by atoms with Gasteiger partial charge in [-0.25, -0.2) is 9.78 Å². The molecule has 0 radical (unpaired) electrons. The van der Waals surface area contributed by atoms with Gasteiger partial charge in [-0.2, -0.15) is 4.98 Å². The van der Waals surface area contributed by atoms with E-state index in [0.29, 0.717) is 34.7 Å². The predicted molar refractivity (Wildman–Crippen MR) is 65.0 cm³/mol. The molecule has 0 bridgehead atoms. The summed E-state index contributed by atoms with van der Waals surface area (Å²) in [5, 5.41) is 16.3. The summed E-state index contributed by atoms with van der Waals surface area (Å²) in [7, 11) is 0. The molecule has 2 rings (SSSR count). The van der Waals surface area contributed by atoms with E-state index in [-0.39, 0.29) is 5.69 Å². The molecule has 0 saturated carbocycles. The Kier molecular flexibility index (Phi) is 3.56. The zero-order chi connectivity index (χ0) is 13.1. The summed E-state index contributed by atoms with van der Waals surface area (Å²) in [4.78, 5) is 19.6. The highest BCUT2D eigenvalue weighted by Gasteiger charge is 2.13. The second-order valence-electron chi connectivity index (χ2n) is 3.64. The lowest BCUT2D eigenvalue weighted by Gasteiger charge is -1.98. The minimum absolute atomic E-state index is 0.0953. The van der Waals surface area contributed by atoms with Gasteiger partial charge in [0, 0.05) is 24.8 Å². The van der Waals surface area contributed by atoms with Gasteiger partial charge in [0.1, 0.15) is 0 Å². The molecule has 0 aromatic carbocycles. The lowest BCUT2D eigenvalue weighted by molar-refractivity contribution is 0.0690. The number of carboxylic acids is 1. The summed E-state index contributed by atoms with van der Waals surface area (Å²) in [5.74, 6) is 0.139. The highest BCUT2D eigenvalue weighted by atomic mass is 32.1. The van der Waals surface area contributed by atoms with Crippen LogP contribution in [0.1, 0.15) is 27.1 Å². The van der Waals surface area contributed by atoms with Crippen LogP contribution in [-0.4, -0.2) is 32.7 Å². The van der Waals surface area contributed by atoms with E-state index in [2.05, 4.69) is 20.4 Å². The summed E-state index contributed by atoms with van der Waals surface area (Å²) in [6, 6.07) is 0. The molecule has 96 valence electrons. The first kappa shape index (κ1) is 12.5. The molecule has 0 saturated heterocycles. The first-order valence-corrected chi connectivity index (χ1v) is 6.11. The zero-order valence-electron chi connectivity index (χ0n) is 9.93. The van der Waals surface area contributed by atoms with Crippen LogP contribution in [0.2, 0.25) is 0 Å². The van der Waals surface area contributed by atoms with Gasteiger partial charge in [-0.3, -0.25) is 0 Å². The normalized spacial score (nSPS) is 10.6. The van der Waals surface area contributed by atoms with Gasteiger partial charge >= 0.3 is 5.97 Å². The number of nitrogens with one attached hydrogen (secondary N) is 1. The van der Waals surface area contributed by atoms with Gasteiger partial charge in [-0.1, -0.05) is 5.16 Å². The number of rotatable bonds is 5. The van der Waals surface area contributed by atoms with E-state index in [1.165, 1.54) is 11.3 Å². The van der Waals surface area contributed by atoms with Crippen molar-refractivity contribution in [2.45, 2.75) is 20.3 Å². The first-order chi connectivity index (χ1) is 8.56. The van der Waals surface area contributed by atoms with Crippen LogP contribution in [0.15, 0.2) is 4.52 Å². The monoisotopic (exact) mass is 268 g/mol. The molecule has 8 heteroatoms. The second kappa shape index (κ2) is 5.13. The van der Waals surface area contributed by atoms with Crippen molar-refractivity contribution < 1.29 is 14.4 Å². The standard InChI is InChI=1S/C10H12N4O3S/c1-5-8(9(15)16)13-10(18-5)11-4-3-7-12-6(2)17-14-7/h3-4H2,1-2H3,(H,11,13)(H,15,16). The molecule has 2 heterocycles. The number of carbonyl (C=O) groups is 1. The molecule has 0 aliphatic heterocycles. The van der Waals surface area contributed by atoms with Crippen molar-refractivity contribution in [3.8, 4) is 0 Å². The summed E-state index contributed by atoms with van der Waals surface area (Å²) < 4.78 is 4.84. The van der Waals surface area contributed by atoms with Crippen LogP contribution in [0.4, 0.5) is 5.13 Å². The van der Waals surface area contributed by atoms with Crippen molar-refractivity contribution in [3.05, 3.63) is 22.3 Å². The molecule has 18 heavy (non-hydrogen) atoms. The van der Waals surface area contributed by atoms with Crippen molar-refractivity contribution in [2.24, 2.45) is 0 Å². The lowest BCUT2D eigenvalue weighted by Crippen LogP contribution is -2.06. The number of nitrogens with zero attached hydrogens (tertiary/aromatic N) is 3.